The van der Waals surface area contributed by atoms with Crippen molar-refractivity contribution in [2.75, 3.05) is 19.6 Å². The van der Waals surface area contributed by atoms with Gasteiger partial charge in [-0.25, -0.2) is 4.79 Å². The fourth-order valence-electron chi connectivity index (χ4n) is 2.32. The maximum absolute atomic E-state index is 12.0. The first kappa shape index (κ1) is 16.8. The van der Waals surface area contributed by atoms with E-state index in [0.717, 1.165) is 31.6 Å². The Kier molecular flexibility index (Phi) is 5.80. The van der Waals surface area contributed by atoms with Gasteiger partial charge < -0.3 is 20.7 Å². The third kappa shape index (κ3) is 5.66. The summed E-state index contributed by atoms with van der Waals surface area (Å²) in [5.41, 5.74) is 0.614. The molecule has 0 aliphatic carbocycles. The van der Waals surface area contributed by atoms with Crippen molar-refractivity contribution in [3.05, 3.63) is 35.9 Å². The molecule has 1 amide bonds. The molecule has 1 aromatic rings. The molecule has 3 N–H and O–H groups in total. The topological polar surface area (TPSA) is 62.4 Å². The van der Waals surface area contributed by atoms with Crippen LogP contribution in [-0.2, 0) is 4.74 Å². The molecule has 1 unspecified atom stereocenters. The maximum Gasteiger partial charge on any atom is 0.408 e. The number of rotatable bonds is 6. The van der Waals surface area contributed by atoms with E-state index in [2.05, 4.69) is 16.0 Å². The molecule has 1 saturated heterocycles. The molecule has 2 rings (SSSR count). The van der Waals surface area contributed by atoms with Crippen LogP contribution in [0.4, 0.5) is 4.79 Å². The van der Waals surface area contributed by atoms with Gasteiger partial charge in [0, 0.05) is 19.1 Å². The van der Waals surface area contributed by atoms with Gasteiger partial charge in [-0.3, -0.25) is 0 Å². The van der Waals surface area contributed by atoms with Crippen molar-refractivity contribution in [1.29, 1.82) is 0 Å². The van der Waals surface area contributed by atoms with E-state index in [-0.39, 0.29) is 12.1 Å². The van der Waals surface area contributed by atoms with E-state index in [9.17, 15) is 4.79 Å². The van der Waals surface area contributed by atoms with Gasteiger partial charge in [0.15, 0.2) is 0 Å². The van der Waals surface area contributed by atoms with Crippen LogP contribution in [-0.4, -0.2) is 37.4 Å². The molecular formula is C17H27N3O2. The second kappa shape index (κ2) is 7.61. The first-order chi connectivity index (χ1) is 10.4. The average Bonchev–Trinajstić information content (AvgIpc) is 2.39. The summed E-state index contributed by atoms with van der Waals surface area (Å²) in [5, 5.41) is 9.71. The highest BCUT2D eigenvalue weighted by atomic mass is 16.6. The van der Waals surface area contributed by atoms with Crippen LogP contribution >= 0.6 is 0 Å². The van der Waals surface area contributed by atoms with Gasteiger partial charge in [-0.2, -0.15) is 0 Å². The minimum absolute atomic E-state index is 0.0448. The number of amides is 1. The lowest BCUT2D eigenvalue weighted by atomic mass is 10.0. The number of nitrogens with one attached hydrogen (secondary N) is 3. The summed E-state index contributed by atoms with van der Waals surface area (Å²) >= 11 is 0. The molecule has 1 heterocycles. The Morgan fingerprint density at radius 3 is 2.55 bits per heavy atom. The van der Waals surface area contributed by atoms with E-state index >= 15 is 0 Å². The smallest absolute Gasteiger partial charge is 0.408 e. The van der Waals surface area contributed by atoms with Gasteiger partial charge >= 0.3 is 6.09 Å². The molecule has 1 atom stereocenters. The Bertz CT molecular complexity index is 467. The van der Waals surface area contributed by atoms with Crippen LogP contribution < -0.4 is 16.0 Å². The van der Waals surface area contributed by atoms with Crippen LogP contribution in [0.5, 0.6) is 0 Å². The number of alkyl carbamates (subject to hydrolysis) is 1. The quantitative estimate of drug-likeness (QED) is 0.754. The van der Waals surface area contributed by atoms with Gasteiger partial charge in [0.1, 0.15) is 5.60 Å². The summed E-state index contributed by atoms with van der Waals surface area (Å²) in [5.74, 6) is 0. The first-order valence-electron chi connectivity index (χ1n) is 7.92. The molecular weight excluding hydrogens is 278 g/mol. The zero-order chi connectivity index (χ0) is 16.0. The van der Waals surface area contributed by atoms with E-state index in [1.165, 1.54) is 0 Å². The van der Waals surface area contributed by atoms with Gasteiger partial charge in [-0.1, -0.05) is 30.3 Å². The van der Waals surface area contributed by atoms with Gasteiger partial charge in [-0.15, -0.1) is 0 Å². The summed E-state index contributed by atoms with van der Waals surface area (Å²) in [6, 6.07) is 10.5. The minimum Gasteiger partial charge on any atom is -0.444 e. The molecule has 1 aliphatic heterocycles. The monoisotopic (exact) mass is 305 g/mol. The van der Waals surface area contributed by atoms with Gasteiger partial charge in [0.2, 0.25) is 0 Å². The van der Waals surface area contributed by atoms with Crippen LogP contribution in [0.1, 0.15) is 38.8 Å². The number of ether oxygens (including phenoxy) is 1. The molecule has 5 nitrogen and oxygen atoms in total. The Morgan fingerprint density at radius 1 is 1.32 bits per heavy atom. The van der Waals surface area contributed by atoms with Crippen LogP contribution in [0.15, 0.2) is 30.3 Å². The van der Waals surface area contributed by atoms with E-state index in [1.54, 1.807) is 0 Å². The lowest BCUT2D eigenvalue weighted by Crippen LogP contribution is -2.55. The molecule has 5 heteroatoms. The van der Waals surface area contributed by atoms with Gasteiger partial charge in [-0.05, 0) is 39.3 Å². The zero-order valence-electron chi connectivity index (χ0n) is 13.7. The average molecular weight is 305 g/mol. The van der Waals surface area contributed by atoms with Crippen LogP contribution in [0.25, 0.3) is 0 Å². The highest BCUT2D eigenvalue weighted by molar-refractivity contribution is 5.68. The van der Waals surface area contributed by atoms with E-state index < -0.39 is 5.60 Å². The molecule has 0 aromatic heterocycles. The molecule has 0 spiro atoms. The predicted molar refractivity (Wildman–Crippen MR) is 87.8 cm³/mol. The van der Waals surface area contributed by atoms with Crippen LogP contribution in [0, 0.1) is 0 Å². The standard InChI is InChI=1S/C17H27N3O2/c1-17(2,3)22-16(21)20-15(13-7-5-4-6-8-13)9-10-19-14-11-18-12-14/h4-8,14-15,18-19H,9-12H2,1-3H3,(H,20,21). The molecule has 1 aromatic carbocycles. The highest BCUT2D eigenvalue weighted by Crippen LogP contribution is 2.17. The van der Waals surface area contributed by atoms with Gasteiger partial charge in [0.05, 0.1) is 6.04 Å². The summed E-state index contributed by atoms with van der Waals surface area (Å²) in [4.78, 5) is 12.0. The minimum atomic E-state index is -0.485. The van der Waals surface area contributed by atoms with E-state index in [0.29, 0.717) is 6.04 Å². The van der Waals surface area contributed by atoms with E-state index in [1.807, 2.05) is 51.1 Å². The first-order valence-corrected chi connectivity index (χ1v) is 7.92. The van der Waals surface area contributed by atoms with Crippen LogP contribution in [0.2, 0.25) is 0 Å². The summed E-state index contributed by atoms with van der Waals surface area (Å²) in [6.45, 7) is 8.52. The Hall–Kier alpha value is -1.59. The van der Waals surface area contributed by atoms with Crippen molar-refractivity contribution in [2.45, 2.75) is 44.9 Å². The third-order valence-electron chi connectivity index (χ3n) is 3.54. The summed E-state index contributed by atoms with van der Waals surface area (Å²) in [7, 11) is 0. The predicted octanol–water partition coefficient (Wildman–Crippen LogP) is 2.20. The summed E-state index contributed by atoms with van der Waals surface area (Å²) in [6.07, 6.45) is 0.464. The van der Waals surface area contributed by atoms with Crippen LogP contribution in [0.3, 0.4) is 0 Å². The van der Waals surface area contributed by atoms with Crippen molar-refractivity contribution in [3.63, 3.8) is 0 Å². The lowest BCUT2D eigenvalue weighted by Gasteiger charge is -2.29. The fourth-order valence-corrected chi connectivity index (χ4v) is 2.32. The van der Waals surface area contributed by atoms with Crippen molar-refractivity contribution < 1.29 is 9.53 Å². The Morgan fingerprint density at radius 2 is 2.00 bits per heavy atom. The van der Waals surface area contributed by atoms with Crippen molar-refractivity contribution in [3.8, 4) is 0 Å². The van der Waals surface area contributed by atoms with E-state index in [4.69, 9.17) is 4.74 Å². The Labute approximate surface area is 132 Å². The summed E-state index contributed by atoms with van der Waals surface area (Å²) < 4.78 is 5.37. The molecule has 1 fully saturated rings. The number of hydrogen-bond donors (Lipinski definition) is 3. The SMILES string of the molecule is CC(C)(C)OC(=O)NC(CCNC1CNC1)c1ccccc1. The van der Waals surface area contributed by atoms with Gasteiger partial charge in [0.25, 0.3) is 0 Å². The second-order valence-electron chi connectivity index (χ2n) is 6.71. The third-order valence-corrected chi connectivity index (χ3v) is 3.54. The second-order valence-corrected chi connectivity index (χ2v) is 6.71. The molecule has 22 heavy (non-hydrogen) atoms. The number of hydrogen-bond acceptors (Lipinski definition) is 4. The maximum atomic E-state index is 12.0. The highest BCUT2D eigenvalue weighted by Gasteiger charge is 2.21. The Balaban J connectivity index is 1.90. The molecule has 0 bridgehead atoms. The fraction of sp³-hybridized carbons (Fsp3) is 0.588. The van der Waals surface area contributed by atoms with Crippen molar-refractivity contribution >= 4 is 6.09 Å². The number of benzene rings is 1. The molecule has 0 radical (unpaired) electrons. The number of carbonyl (C=O) groups excluding carboxylic acids is 1. The number of carbonyl (C=O) groups is 1. The molecule has 122 valence electrons. The molecule has 1 aliphatic rings. The largest absolute Gasteiger partial charge is 0.444 e. The molecule has 0 saturated carbocycles. The lowest BCUT2D eigenvalue weighted by molar-refractivity contribution is 0.0501. The normalized spacial score (nSPS) is 16.7. The van der Waals surface area contributed by atoms with Crippen molar-refractivity contribution in [2.24, 2.45) is 0 Å². The van der Waals surface area contributed by atoms with Crippen molar-refractivity contribution in [1.82, 2.24) is 16.0 Å². The zero-order valence-corrected chi connectivity index (χ0v) is 13.7.